The van der Waals surface area contributed by atoms with E-state index in [0.717, 1.165) is 13.0 Å². The standard InChI is InChI=1S/C14H20N2/c1-15(2)10-6-8-13-11-12-7-4-5-9-14(12)16(13)3/h4-5,7,9,11H,6,8,10H2,1-3H3. The highest BCUT2D eigenvalue weighted by molar-refractivity contribution is 5.81. The average Bonchev–Trinajstić information content (AvgIpc) is 2.56. The highest BCUT2D eigenvalue weighted by Gasteiger charge is 2.04. The van der Waals surface area contributed by atoms with Crippen LogP contribution in [0.25, 0.3) is 10.9 Å². The minimum absolute atomic E-state index is 1.15. The van der Waals surface area contributed by atoms with Gasteiger partial charge in [0.25, 0.3) is 0 Å². The fourth-order valence-electron chi connectivity index (χ4n) is 2.16. The second kappa shape index (κ2) is 4.71. The van der Waals surface area contributed by atoms with E-state index >= 15 is 0 Å². The van der Waals surface area contributed by atoms with Crippen LogP contribution in [0.4, 0.5) is 0 Å². The predicted molar refractivity (Wildman–Crippen MR) is 69.8 cm³/mol. The van der Waals surface area contributed by atoms with Crippen molar-refractivity contribution in [3.8, 4) is 0 Å². The lowest BCUT2D eigenvalue weighted by Gasteiger charge is -2.09. The summed E-state index contributed by atoms with van der Waals surface area (Å²) < 4.78 is 2.31. The molecule has 0 N–H and O–H groups in total. The molecule has 2 rings (SSSR count). The van der Waals surface area contributed by atoms with Gasteiger partial charge in [-0.3, -0.25) is 0 Å². The molecule has 0 bridgehead atoms. The van der Waals surface area contributed by atoms with Gasteiger partial charge >= 0.3 is 0 Å². The summed E-state index contributed by atoms with van der Waals surface area (Å²) in [6, 6.07) is 10.9. The summed E-state index contributed by atoms with van der Waals surface area (Å²) in [7, 11) is 6.41. The summed E-state index contributed by atoms with van der Waals surface area (Å²) in [4.78, 5) is 2.24. The minimum Gasteiger partial charge on any atom is -0.348 e. The lowest BCUT2D eigenvalue weighted by Crippen LogP contribution is -2.14. The van der Waals surface area contributed by atoms with Crippen molar-refractivity contribution in [2.75, 3.05) is 20.6 Å². The number of aryl methyl sites for hydroxylation is 2. The molecule has 86 valence electrons. The van der Waals surface area contributed by atoms with Crippen molar-refractivity contribution in [3.05, 3.63) is 36.0 Å². The summed E-state index contributed by atoms with van der Waals surface area (Å²) in [6.07, 6.45) is 2.38. The summed E-state index contributed by atoms with van der Waals surface area (Å²) in [5.41, 5.74) is 2.77. The molecule has 16 heavy (non-hydrogen) atoms. The number of nitrogens with zero attached hydrogens (tertiary/aromatic N) is 2. The second-order valence-electron chi connectivity index (χ2n) is 4.66. The largest absolute Gasteiger partial charge is 0.348 e. The van der Waals surface area contributed by atoms with Crippen LogP contribution in [-0.4, -0.2) is 30.1 Å². The first-order valence-electron chi connectivity index (χ1n) is 5.86. The van der Waals surface area contributed by atoms with Crippen molar-refractivity contribution >= 4 is 10.9 Å². The molecule has 0 unspecified atom stereocenters. The van der Waals surface area contributed by atoms with Crippen molar-refractivity contribution < 1.29 is 0 Å². The van der Waals surface area contributed by atoms with Crippen molar-refractivity contribution in [2.24, 2.45) is 7.05 Å². The number of rotatable bonds is 4. The summed E-state index contributed by atoms with van der Waals surface area (Å²) in [6.45, 7) is 1.15. The second-order valence-corrected chi connectivity index (χ2v) is 4.66. The summed E-state index contributed by atoms with van der Waals surface area (Å²) >= 11 is 0. The molecular weight excluding hydrogens is 196 g/mol. The van der Waals surface area contributed by atoms with Gasteiger partial charge in [0.05, 0.1) is 0 Å². The fourth-order valence-corrected chi connectivity index (χ4v) is 2.16. The van der Waals surface area contributed by atoms with Crippen LogP contribution >= 0.6 is 0 Å². The number of para-hydroxylation sites is 1. The minimum atomic E-state index is 1.15. The molecule has 2 aromatic rings. The average molecular weight is 216 g/mol. The highest BCUT2D eigenvalue weighted by Crippen LogP contribution is 2.19. The maximum Gasteiger partial charge on any atom is 0.0479 e. The van der Waals surface area contributed by atoms with Gasteiger partial charge < -0.3 is 9.47 Å². The van der Waals surface area contributed by atoms with Crippen molar-refractivity contribution in [1.29, 1.82) is 0 Å². The van der Waals surface area contributed by atoms with Crippen molar-refractivity contribution in [3.63, 3.8) is 0 Å². The van der Waals surface area contributed by atoms with Crippen LogP contribution in [0.2, 0.25) is 0 Å². The number of hydrogen-bond donors (Lipinski definition) is 0. The van der Waals surface area contributed by atoms with E-state index in [0.29, 0.717) is 0 Å². The maximum absolute atomic E-state index is 2.31. The van der Waals surface area contributed by atoms with E-state index in [2.05, 4.69) is 60.9 Å². The van der Waals surface area contributed by atoms with E-state index in [1.54, 1.807) is 0 Å². The molecule has 1 aromatic carbocycles. The van der Waals surface area contributed by atoms with Crippen LogP contribution in [0.15, 0.2) is 30.3 Å². The Morgan fingerprint density at radius 3 is 2.62 bits per heavy atom. The van der Waals surface area contributed by atoms with E-state index in [1.165, 1.54) is 23.0 Å². The summed E-state index contributed by atoms with van der Waals surface area (Å²) in [5, 5.41) is 1.35. The Bertz CT molecular complexity index is 469. The van der Waals surface area contributed by atoms with Crippen LogP contribution in [0.3, 0.4) is 0 Å². The molecule has 0 aliphatic heterocycles. The van der Waals surface area contributed by atoms with Crippen molar-refractivity contribution in [2.45, 2.75) is 12.8 Å². The molecule has 0 spiro atoms. The molecule has 0 atom stereocenters. The Kier molecular flexibility index (Phi) is 3.30. The molecule has 0 saturated carbocycles. The van der Waals surface area contributed by atoms with Gasteiger partial charge in [-0.05, 0) is 51.0 Å². The zero-order valence-electron chi connectivity index (χ0n) is 10.4. The van der Waals surface area contributed by atoms with Crippen LogP contribution in [-0.2, 0) is 13.5 Å². The predicted octanol–water partition coefficient (Wildman–Crippen LogP) is 2.67. The SMILES string of the molecule is CN(C)CCCc1cc2ccccc2n1C. The van der Waals surface area contributed by atoms with Crippen LogP contribution in [0.5, 0.6) is 0 Å². The van der Waals surface area contributed by atoms with E-state index in [-0.39, 0.29) is 0 Å². The lowest BCUT2D eigenvalue weighted by atomic mass is 10.2. The third kappa shape index (κ3) is 2.27. The highest BCUT2D eigenvalue weighted by atomic mass is 15.0. The first kappa shape index (κ1) is 11.2. The van der Waals surface area contributed by atoms with Gasteiger partial charge in [-0.2, -0.15) is 0 Å². The normalized spacial score (nSPS) is 11.5. The summed E-state index contributed by atoms with van der Waals surface area (Å²) in [5.74, 6) is 0. The maximum atomic E-state index is 2.31. The molecule has 2 heteroatoms. The molecule has 0 fully saturated rings. The van der Waals surface area contributed by atoms with Gasteiger partial charge in [-0.15, -0.1) is 0 Å². The van der Waals surface area contributed by atoms with Gasteiger partial charge in [0.2, 0.25) is 0 Å². The number of hydrogen-bond acceptors (Lipinski definition) is 1. The quantitative estimate of drug-likeness (QED) is 0.763. The lowest BCUT2D eigenvalue weighted by molar-refractivity contribution is 0.399. The molecule has 0 aliphatic carbocycles. The van der Waals surface area contributed by atoms with Crippen LogP contribution < -0.4 is 0 Å². The molecule has 1 aromatic heterocycles. The van der Waals surface area contributed by atoms with Crippen LogP contribution in [0, 0.1) is 0 Å². The van der Waals surface area contributed by atoms with E-state index in [1.807, 2.05) is 0 Å². The number of aromatic nitrogens is 1. The smallest absolute Gasteiger partial charge is 0.0479 e. The zero-order chi connectivity index (χ0) is 11.5. The fraction of sp³-hybridized carbons (Fsp3) is 0.429. The Morgan fingerprint density at radius 1 is 1.19 bits per heavy atom. The monoisotopic (exact) mass is 216 g/mol. The molecular formula is C14H20N2. The van der Waals surface area contributed by atoms with Gasteiger partial charge in [0.1, 0.15) is 0 Å². The number of benzene rings is 1. The zero-order valence-corrected chi connectivity index (χ0v) is 10.4. The topological polar surface area (TPSA) is 8.17 Å². The first-order chi connectivity index (χ1) is 7.68. The Balaban J connectivity index is 2.15. The Hall–Kier alpha value is -1.28. The molecule has 0 saturated heterocycles. The van der Waals surface area contributed by atoms with Crippen molar-refractivity contribution in [1.82, 2.24) is 9.47 Å². The van der Waals surface area contributed by atoms with E-state index < -0.39 is 0 Å². The van der Waals surface area contributed by atoms with Crippen LogP contribution in [0.1, 0.15) is 12.1 Å². The molecule has 0 amide bonds. The molecule has 0 radical (unpaired) electrons. The Labute approximate surface area is 97.5 Å². The van der Waals surface area contributed by atoms with Gasteiger partial charge in [-0.1, -0.05) is 18.2 Å². The van der Waals surface area contributed by atoms with Gasteiger partial charge in [0.15, 0.2) is 0 Å². The third-order valence-corrected chi connectivity index (χ3v) is 3.09. The Morgan fingerprint density at radius 2 is 1.94 bits per heavy atom. The molecule has 1 heterocycles. The first-order valence-corrected chi connectivity index (χ1v) is 5.86. The van der Waals surface area contributed by atoms with E-state index in [4.69, 9.17) is 0 Å². The number of fused-ring (bicyclic) bond motifs is 1. The van der Waals surface area contributed by atoms with Gasteiger partial charge in [-0.25, -0.2) is 0 Å². The van der Waals surface area contributed by atoms with Gasteiger partial charge in [0, 0.05) is 18.3 Å². The van der Waals surface area contributed by atoms with E-state index in [9.17, 15) is 0 Å². The third-order valence-electron chi connectivity index (χ3n) is 3.09. The molecule has 0 aliphatic rings. The molecule has 2 nitrogen and oxygen atoms in total.